The van der Waals surface area contributed by atoms with Crippen LogP contribution in [0.4, 0.5) is 13.2 Å². The molecule has 0 unspecified atom stereocenters. The number of amides is 1. The topological polar surface area (TPSA) is 38.8 Å². The summed E-state index contributed by atoms with van der Waals surface area (Å²) in [6.45, 7) is -1.52. The second-order valence-electron chi connectivity index (χ2n) is 5.23. The van der Waals surface area contributed by atoms with E-state index in [1.807, 2.05) is 6.07 Å². The summed E-state index contributed by atoms with van der Waals surface area (Å²) in [5.74, 6) is -1.20. The molecule has 0 aliphatic carbocycles. The zero-order valence-corrected chi connectivity index (χ0v) is 13.4. The van der Waals surface area contributed by atoms with Crippen molar-refractivity contribution < 1.29 is 27.4 Å². The second-order valence-corrected chi connectivity index (χ2v) is 5.23. The maximum atomic E-state index is 13.0. The van der Waals surface area contributed by atoms with E-state index in [1.54, 1.807) is 54.6 Å². The van der Waals surface area contributed by atoms with E-state index in [2.05, 4.69) is 0 Å². The molecule has 2 rings (SSSR count). The lowest BCUT2D eigenvalue weighted by Crippen LogP contribution is -2.45. The fourth-order valence-electron chi connectivity index (χ4n) is 2.02. The molecule has 2 aromatic carbocycles. The van der Waals surface area contributed by atoms with Crippen molar-refractivity contribution >= 4 is 5.91 Å². The van der Waals surface area contributed by atoms with Crippen molar-refractivity contribution in [2.24, 2.45) is 0 Å². The summed E-state index contributed by atoms with van der Waals surface area (Å²) in [5, 5.41) is 0. The zero-order chi connectivity index (χ0) is 18.1. The number of rotatable bonds is 8. The molecule has 4 nitrogen and oxygen atoms in total. The first-order valence-corrected chi connectivity index (χ1v) is 7.57. The number of carbonyl (C=O) groups excluding carboxylic acids is 1. The Morgan fingerprint density at radius 2 is 1.32 bits per heavy atom. The minimum atomic E-state index is -4.83. The van der Waals surface area contributed by atoms with E-state index in [0.717, 1.165) is 11.1 Å². The van der Waals surface area contributed by atoms with Crippen LogP contribution in [-0.2, 0) is 27.5 Å². The Bertz CT molecular complexity index is 648. The van der Waals surface area contributed by atoms with Gasteiger partial charge in [0.15, 0.2) is 0 Å². The van der Waals surface area contributed by atoms with E-state index < -0.39 is 25.5 Å². The third-order valence-electron chi connectivity index (χ3n) is 3.28. The largest absolute Gasteiger partial charge is 0.489 e. The first-order valence-electron chi connectivity index (χ1n) is 7.57. The smallest absolute Gasteiger partial charge is 0.367 e. The molecule has 25 heavy (non-hydrogen) atoms. The van der Waals surface area contributed by atoms with Gasteiger partial charge in [-0.25, -0.2) is 4.90 Å². The van der Waals surface area contributed by atoms with Gasteiger partial charge in [-0.15, -0.1) is 13.2 Å². The summed E-state index contributed by atoms with van der Waals surface area (Å²) in [6.07, 6.45) is -4.83. The molecular weight excluding hydrogens is 335 g/mol. The van der Waals surface area contributed by atoms with E-state index in [4.69, 9.17) is 9.47 Å². The Hall–Kier alpha value is -2.38. The molecule has 1 amide bonds. The highest BCUT2D eigenvalue weighted by molar-refractivity contribution is 5.77. The Morgan fingerprint density at radius 3 is 1.80 bits per heavy atom. The molecule has 0 aromatic heterocycles. The lowest BCUT2D eigenvalue weighted by Gasteiger charge is -2.24. The number of hydrogen-bond donors (Lipinski definition) is 0. The van der Waals surface area contributed by atoms with E-state index >= 15 is 0 Å². The van der Waals surface area contributed by atoms with E-state index in [9.17, 15) is 18.0 Å². The number of alkyl halides is 3. The number of carbonyl (C=O) groups is 1. The summed E-state index contributed by atoms with van der Waals surface area (Å²) in [6, 6.07) is 17.6. The maximum absolute atomic E-state index is 13.0. The summed E-state index contributed by atoms with van der Waals surface area (Å²) in [4.78, 5) is 11.5. The van der Waals surface area contributed by atoms with Crippen LogP contribution in [0.1, 0.15) is 11.1 Å². The Balaban J connectivity index is 1.82. The van der Waals surface area contributed by atoms with E-state index in [0.29, 0.717) is 0 Å². The van der Waals surface area contributed by atoms with Crippen LogP contribution >= 0.6 is 0 Å². The van der Waals surface area contributed by atoms with Crippen LogP contribution in [0.2, 0.25) is 0 Å². The quantitative estimate of drug-likeness (QED) is 0.536. The maximum Gasteiger partial charge on any atom is 0.489 e. The summed E-state index contributed by atoms with van der Waals surface area (Å²) in [7, 11) is 0. The van der Waals surface area contributed by atoms with Crippen LogP contribution in [0, 0.1) is 0 Å². The van der Waals surface area contributed by atoms with Gasteiger partial charge in [0.1, 0.15) is 13.3 Å². The van der Waals surface area contributed by atoms with E-state index in [1.165, 1.54) is 0 Å². The van der Waals surface area contributed by atoms with Gasteiger partial charge in [-0.3, -0.25) is 4.79 Å². The molecule has 0 radical (unpaired) electrons. The van der Waals surface area contributed by atoms with Crippen LogP contribution < -0.4 is 0 Å². The fraction of sp³-hybridized carbons (Fsp3) is 0.278. The van der Waals surface area contributed by atoms with Gasteiger partial charge in [0.25, 0.3) is 5.91 Å². The standard InChI is InChI=1S/C18H18F3NO3/c19-18(20,21)22(14-25-12-16-9-5-2-6-10-16)17(23)13-24-11-15-7-3-1-4-8-15/h1-10H,11-14H2. The molecule has 0 saturated heterocycles. The highest BCUT2D eigenvalue weighted by Crippen LogP contribution is 2.21. The molecule has 0 aliphatic heterocycles. The average Bonchev–Trinajstić information content (AvgIpc) is 2.59. The first-order chi connectivity index (χ1) is 12.0. The third kappa shape index (κ3) is 6.56. The van der Waals surface area contributed by atoms with Gasteiger partial charge >= 0.3 is 6.30 Å². The van der Waals surface area contributed by atoms with Crippen LogP contribution in [0.15, 0.2) is 60.7 Å². The zero-order valence-electron chi connectivity index (χ0n) is 13.4. The average molecular weight is 353 g/mol. The van der Waals surface area contributed by atoms with Crippen molar-refractivity contribution in [3.63, 3.8) is 0 Å². The molecule has 0 fully saturated rings. The van der Waals surface area contributed by atoms with Crippen molar-refractivity contribution in [2.45, 2.75) is 19.5 Å². The highest BCUT2D eigenvalue weighted by Gasteiger charge is 2.41. The molecule has 7 heteroatoms. The first kappa shape index (κ1) is 19.0. The molecule has 0 aliphatic rings. The van der Waals surface area contributed by atoms with Crippen molar-refractivity contribution in [2.75, 3.05) is 13.3 Å². The van der Waals surface area contributed by atoms with Crippen LogP contribution in [-0.4, -0.2) is 30.4 Å². The van der Waals surface area contributed by atoms with Crippen molar-refractivity contribution in [1.82, 2.24) is 4.90 Å². The van der Waals surface area contributed by atoms with Gasteiger partial charge in [0.05, 0.1) is 13.2 Å². The molecule has 0 spiro atoms. The minimum absolute atomic E-state index is 0.0222. The molecule has 134 valence electrons. The van der Waals surface area contributed by atoms with Gasteiger partial charge in [0, 0.05) is 0 Å². The van der Waals surface area contributed by atoms with Crippen molar-refractivity contribution in [3.05, 3.63) is 71.8 Å². The highest BCUT2D eigenvalue weighted by atomic mass is 19.4. The molecule has 0 N–H and O–H groups in total. The Morgan fingerprint density at radius 1 is 0.840 bits per heavy atom. The van der Waals surface area contributed by atoms with Gasteiger partial charge < -0.3 is 9.47 Å². The van der Waals surface area contributed by atoms with Crippen molar-refractivity contribution in [1.29, 1.82) is 0 Å². The minimum Gasteiger partial charge on any atom is -0.367 e. The molecule has 0 heterocycles. The number of hydrogen-bond acceptors (Lipinski definition) is 3. The molecule has 2 aromatic rings. The Kier molecular flexibility index (Phi) is 6.97. The molecular formula is C18H18F3NO3. The van der Waals surface area contributed by atoms with Gasteiger partial charge in [-0.2, -0.15) is 0 Å². The normalized spacial score (nSPS) is 11.3. The van der Waals surface area contributed by atoms with Crippen LogP contribution in [0.25, 0.3) is 0 Å². The molecule has 0 bridgehead atoms. The SMILES string of the molecule is O=C(COCc1ccccc1)N(COCc1ccccc1)C(F)(F)F. The monoisotopic (exact) mass is 353 g/mol. The fourth-order valence-corrected chi connectivity index (χ4v) is 2.02. The van der Waals surface area contributed by atoms with Gasteiger partial charge in [-0.05, 0) is 11.1 Å². The van der Waals surface area contributed by atoms with Crippen LogP contribution in [0.5, 0.6) is 0 Å². The van der Waals surface area contributed by atoms with Gasteiger partial charge in [0.2, 0.25) is 0 Å². The Labute approximate surface area is 143 Å². The summed E-state index contributed by atoms with van der Waals surface area (Å²) in [5.41, 5.74) is 1.49. The van der Waals surface area contributed by atoms with Crippen LogP contribution in [0.3, 0.4) is 0 Å². The lowest BCUT2D eigenvalue weighted by molar-refractivity contribution is -0.261. The van der Waals surface area contributed by atoms with Gasteiger partial charge in [-0.1, -0.05) is 60.7 Å². The molecule has 0 saturated carbocycles. The molecule has 0 atom stereocenters. The second kappa shape index (κ2) is 9.19. The van der Waals surface area contributed by atoms with E-state index in [-0.39, 0.29) is 18.1 Å². The summed E-state index contributed by atoms with van der Waals surface area (Å²) >= 11 is 0. The number of nitrogens with zero attached hydrogens (tertiary/aromatic N) is 1. The number of benzene rings is 2. The number of halogens is 3. The predicted molar refractivity (Wildman–Crippen MR) is 85.1 cm³/mol. The predicted octanol–water partition coefficient (Wildman–Crippen LogP) is 3.73. The summed E-state index contributed by atoms with van der Waals surface area (Å²) < 4.78 is 49.1. The lowest BCUT2D eigenvalue weighted by atomic mass is 10.2. The third-order valence-corrected chi connectivity index (χ3v) is 3.28. The number of ether oxygens (including phenoxy) is 2. The van der Waals surface area contributed by atoms with Crippen molar-refractivity contribution in [3.8, 4) is 0 Å².